The average molecular weight is 384 g/mol. The van der Waals surface area contributed by atoms with Gasteiger partial charge in [-0.05, 0) is 37.1 Å². The van der Waals surface area contributed by atoms with Crippen LogP contribution >= 0.6 is 0 Å². The maximum Gasteiger partial charge on any atom is 0.326 e. The largest absolute Gasteiger partial charge is 0.462 e. The van der Waals surface area contributed by atoms with Crippen LogP contribution in [0.4, 0.5) is 0 Å². The van der Waals surface area contributed by atoms with E-state index in [1.807, 2.05) is 79.1 Å². The number of rotatable bonds is 6. The van der Waals surface area contributed by atoms with Crippen molar-refractivity contribution in [2.75, 3.05) is 0 Å². The van der Waals surface area contributed by atoms with Crippen LogP contribution in [0.2, 0.25) is 0 Å². The molecule has 0 bridgehead atoms. The average Bonchev–Trinajstić information content (AvgIpc) is 3.07. The number of hydrogen-bond donors (Lipinski definition) is 0. The van der Waals surface area contributed by atoms with Gasteiger partial charge >= 0.3 is 5.97 Å². The smallest absolute Gasteiger partial charge is 0.326 e. The van der Waals surface area contributed by atoms with Gasteiger partial charge in [-0.3, -0.25) is 4.79 Å². The maximum atomic E-state index is 12.5. The molecule has 4 nitrogen and oxygen atoms in total. The number of ether oxygens (including phenoxy) is 1. The molecule has 4 heteroatoms. The van der Waals surface area contributed by atoms with Crippen LogP contribution in [0, 0.1) is 0 Å². The number of nitrogens with zero attached hydrogens (tertiary/aromatic N) is 2. The molecular formula is C25H24N2O2. The quantitative estimate of drug-likeness (QED) is 0.431. The van der Waals surface area contributed by atoms with Gasteiger partial charge in [0.2, 0.25) is 0 Å². The number of carbonyl (C=O) groups is 1. The number of carbonyl (C=O) groups excluding carboxylic acids is 1. The van der Waals surface area contributed by atoms with E-state index in [0.29, 0.717) is 0 Å². The highest BCUT2D eigenvalue weighted by Crippen LogP contribution is 2.33. The highest BCUT2D eigenvalue weighted by Gasteiger charge is 2.25. The number of esters is 1. The van der Waals surface area contributed by atoms with Crippen LogP contribution < -0.4 is 0 Å². The van der Waals surface area contributed by atoms with E-state index in [1.165, 1.54) is 0 Å². The molecule has 0 aliphatic heterocycles. The van der Waals surface area contributed by atoms with Crippen molar-refractivity contribution < 1.29 is 9.53 Å². The van der Waals surface area contributed by atoms with E-state index in [0.717, 1.165) is 28.0 Å². The Hall–Kier alpha value is -3.40. The summed E-state index contributed by atoms with van der Waals surface area (Å²) in [6.07, 6.45) is -0.153. The highest BCUT2D eigenvalue weighted by atomic mass is 16.5. The van der Waals surface area contributed by atoms with Crippen LogP contribution in [0.25, 0.3) is 11.0 Å². The summed E-state index contributed by atoms with van der Waals surface area (Å²) in [6.45, 7) is 3.85. The zero-order chi connectivity index (χ0) is 20.2. The van der Waals surface area contributed by atoms with Gasteiger partial charge in [-0.2, -0.15) is 0 Å². The summed E-state index contributed by atoms with van der Waals surface area (Å²) in [7, 11) is 0. The summed E-state index contributed by atoms with van der Waals surface area (Å²) < 4.78 is 7.42. The molecule has 1 heterocycles. The minimum absolute atomic E-state index is 0.0864. The van der Waals surface area contributed by atoms with E-state index >= 15 is 0 Å². The van der Waals surface area contributed by atoms with Gasteiger partial charge in [0, 0.05) is 0 Å². The van der Waals surface area contributed by atoms with E-state index in [1.54, 1.807) is 0 Å². The van der Waals surface area contributed by atoms with Gasteiger partial charge in [-0.25, -0.2) is 4.98 Å². The van der Waals surface area contributed by atoms with Crippen molar-refractivity contribution in [2.24, 2.45) is 0 Å². The number of imidazole rings is 1. The topological polar surface area (TPSA) is 44.1 Å². The lowest BCUT2D eigenvalue weighted by molar-refractivity contribution is -0.148. The molecule has 29 heavy (non-hydrogen) atoms. The minimum atomic E-state index is -0.260. The number of aromatic nitrogens is 2. The van der Waals surface area contributed by atoms with Gasteiger partial charge in [0.1, 0.15) is 12.4 Å². The first kappa shape index (κ1) is 18.9. The third kappa shape index (κ3) is 4.06. The molecule has 146 valence electrons. The minimum Gasteiger partial charge on any atom is -0.462 e. The van der Waals surface area contributed by atoms with Gasteiger partial charge in [-0.1, -0.05) is 72.8 Å². The van der Waals surface area contributed by atoms with Crippen molar-refractivity contribution in [3.8, 4) is 0 Å². The molecule has 0 fully saturated rings. The molecule has 0 N–H and O–H groups in total. The molecule has 0 atom stereocenters. The van der Waals surface area contributed by atoms with Gasteiger partial charge in [-0.15, -0.1) is 0 Å². The predicted molar refractivity (Wildman–Crippen MR) is 115 cm³/mol. The highest BCUT2D eigenvalue weighted by molar-refractivity contribution is 5.79. The molecule has 0 amide bonds. The Morgan fingerprint density at radius 1 is 0.862 bits per heavy atom. The lowest BCUT2D eigenvalue weighted by Gasteiger charge is -2.20. The number of para-hydroxylation sites is 2. The van der Waals surface area contributed by atoms with Gasteiger partial charge < -0.3 is 9.30 Å². The monoisotopic (exact) mass is 384 g/mol. The summed E-state index contributed by atoms with van der Waals surface area (Å²) in [5.74, 6) is 0.491. The van der Waals surface area contributed by atoms with Crippen LogP contribution in [0.1, 0.15) is 36.7 Å². The second-order valence-electron chi connectivity index (χ2n) is 7.34. The maximum absolute atomic E-state index is 12.5. The Bertz CT molecular complexity index is 1060. The second kappa shape index (κ2) is 8.31. The van der Waals surface area contributed by atoms with Crippen molar-refractivity contribution in [1.29, 1.82) is 0 Å². The van der Waals surface area contributed by atoms with Crippen molar-refractivity contribution >= 4 is 17.0 Å². The number of fused-ring (bicyclic) bond motifs is 1. The molecule has 0 unspecified atom stereocenters. The molecule has 3 aromatic carbocycles. The van der Waals surface area contributed by atoms with Crippen molar-refractivity contribution in [1.82, 2.24) is 9.55 Å². The third-order valence-corrected chi connectivity index (χ3v) is 4.86. The van der Waals surface area contributed by atoms with Crippen LogP contribution in [0.15, 0.2) is 84.9 Å². The Kier molecular flexibility index (Phi) is 5.43. The van der Waals surface area contributed by atoms with Gasteiger partial charge in [0.05, 0.1) is 23.1 Å². The first-order valence-corrected chi connectivity index (χ1v) is 9.88. The lowest BCUT2D eigenvalue weighted by Crippen LogP contribution is -2.20. The summed E-state index contributed by atoms with van der Waals surface area (Å²) in [5.41, 5.74) is 4.07. The van der Waals surface area contributed by atoms with Gasteiger partial charge in [0.15, 0.2) is 0 Å². The Balaban J connectivity index is 1.89. The van der Waals surface area contributed by atoms with E-state index < -0.39 is 0 Å². The fourth-order valence-corrected chi connectivity index (χ4v) is 3.69. The predicted octanol–water partition coefficient (Wildman–Crippen LogP) is 5.17. The fourth-order valence-electron chi connectivity index (χ4n) is 3.69. The molecule has 0 radical (unpaired) electrons. The molecule has 4 aromatic rings. The van der Waals surface area contributed by atoms with E-state index in [9.17, 15) is 4.79 Å². The van der Waals surface area contributed by atoms with Crippen molar-refractivity contribution in [2.45, 2.75) is 32.4 Å². The summed E-state index contributed by atoms with van der Waals surface area (Å²) in [4.78, 5) is 17.5. The fraction of sp³-hybridized carbons (Fsp3) is 0.200. The molecule has 4 rings (SSSR count). The molecule has 0 aliphatic rings. The van der Waals surface area contributed by atoms with Crippen LogP contribution in [-0.4, -0.2) is 21.6 Å². The Labute approximate surface area is 170 Å². The zero-order valence-corrected chi connectivity index (χ0v) is 16.7. The molecular weight excluding hydrogens is 360 g/mol. The molecule has 0 spiro atoms. The van der Waals surface area contributed by atoms with Crippen molar-refractivity contribution in [3.05, 3.63) is 102 Å². The standard InChI is InChI=1S/C25H24N2O2/c1-18(2)29-23(28)17-27-22-16-10-9-15-21(22)26-25(27)24(19-11-5-3-6-12-19)20-13-7-4-8-14-20/h3-16,18,24H,17H2,1-2H3. The summed E-state index contributed by atoms with van der Waals surface area (Å²) >= 11 is 0. The van der Waals surface area contributed by atoms with Gasteiger partial charge in [0.25, 0.3) is 0 Å². The SMILES string of the molecule is CC(C)OC(=O)Cn1c(C(c2ccccc2)c2ccccc2)nc2ccccc21. The Morgan fingerprint density at radius 3 is 2.00 bits per heavy atom. The van der Waals surface area contributed by atoms with Crippen LogP contribution in [0.5, 0.6) is 0 Å². The summed E-state index contributed by atoms with van der Waals surface area (Å²) in [5, 5.41) is 0. The third-order valence-electron chi connectivity index (χ3n) is 4.86. The normalized spacial score (nSPS) is 11.3. The number of hydrogen-bond acceptors (Lipinski definition) is 3. The van der Waals surface area contributed by atoms with E-state index in [2.05, 4.69) is 24.3 Å². The van der Waals surface area contributed by atoms with Crippen molar-refractivity contribution in [3.63, 3.8) is 0 Å². The summed E-state index contributed by atoms with van der Waals surface area (Å²) in [6, 6.07) is 28.5. The van der Waals surface area contributed by atoms with Crippen LogP contribution in [0.3, 0.4) is 0 Å². The molecule has 1 aromatic heterocycles. The molecule has 0 saturated carbocycles. The molecule has 0 aliphatic carbocycles. The number of benzene rings is 3. The Morgan fingerprint density at radius 2 is 1.41 bits per heavy atom. The van der Waals surface area contributed by atoms with E-state index in [-0.39, 0.29) is 24.5 Å². The molecule has 0 saturated heterocycles. The first-order chi connectivity index (χ1) is 14.1. The lowest BCUT2D eigenvalue weighted by atomic mass is 9.90. The zero-order valence-electron chi connectivity index (χ0n) is 16.7. The van der Waals surface area contributed by atoms with Crippen LogP contribution in [-0.2, 0) is 16.1 Å². The first-order valence-electron chi connectivity index (χ1n) is 9.88. The second-order valence-corrected chi connectivity index (χ2v) is 7.34. The van der Waals surface area contributed by atoms with E-state index in [4.69, 9.17) is 9.72 Å².